The molecular formula is C17H23Na2O6P. The molecule has 1 aliphatic rings. The molecule has 6 nitrogen and oxygen atoms in total. The van der Waals surface area contributed by atoms with Crippen molar-refractivity contribution in [2.45, 2.75) is 44.9 Å². The Kier molecular flexibility index (Phi) is 11.9. The summed E-state index contributed by atoms with van der Waals surface area (Å²) in [6.07, 6.45) is 1.52. The van der Waals surface area contributed by atoms with Crippen LogP contribution >= 0.6 is 7.60 Å². The standard InChI is InChI=1S/C17H25O6P.2Na/c1-11(9-16(18)22-3)14-5-4-6-15(12(2)13-7-8-13)17(14)23-10-24(19,20)21;;/h4-6,11-13H,7-10H2,1-3H3,(H2,19,20,21);;/q;2*+1/p-2. The van der Waals surface area contributed by atoms with Crippen LogP contribution in [0, 0.1) is 5.92 Å². The van der Waals surface area contributed by atoms with Crippen LogP contribution in [0.5, 0.6) is 5.75 Å². The molecule has 2 unspecified atom stereocenters. The molecule has 0 amide bonds. The van der Waals surface area contributed by atoms with Gasteiger partial charge in [0.2, 0.25) is 0 Å². The average molecular weight is 400 g/mol. The average Bonchev–Trinajstić information content (AvgIpc) is 3.35. The third-order valence-electron chi connectivity index (χ3n) is 4.49. The smallest absolute Gasteiger partial charge is 0.808 e. The molecule has 0 N–H and O–H groups in total. The van der Waals surface area contributed by atoms with E-state index in [9.17, 15) is 19.1 Å². The van der Waals surface area contributed by atoms with Crippen LogP contribution in [0.3, 0.4) is 0 Å². The minimum Gasteiger partial charge on any atom is -0.808 e. The monoisotopic (exact) mass is 400 g/mol. The number of carbonyl (C=O) groups is 1. The Balaban J connectivity index is 0.00000312. The Morgan fingerprint density at radius 2 is 1.81 bits per heavy atom. The third kappa shape index (κ3) is 7.94. The van der Waals surface area contributed by atoms with Crippen LogP contribution < -0.4 is 73.6 Å². The van der Waals surface area contributed by atoms with Crippen LogP contribution in [0.4, 0.5) is 0 Å². The number of benzene rings is 1. The molecule has 1 aromatic carbocycles. The molecule has 1 saturated carbocycles. The quantitative estimate of drug-likeness (QED) is 0.252. The largest absolute Gasteiger partial charge is 1.00 e. The first-order valence-corrected chi connectivity index (χ1v) is 9.79. The number of methoxy groups -OCH3 is 1. The molecule has 0 saturated heterocycles. The first-order chi connectivity index (χ1) is 11.2. The van der Waals surface area contributed by atoms with Crippen LogP contribution in [0.15, 0.2) is 18.2 Å². The molecule has 0 aliphatic heterocycles. The summed E-state index contributed by atoms with van der Waals surface area (Å²) < 4.78 is 21.1. The zero-order valence-electron chi connectivity index (χ0n) is 16.2. The second kappa shape index (κ2) is 11.6. The number of carbonyl (C=O) groups excluding carboxylic acids is 1. The normalized spacial score (nSPS) is 15.9. The van der Waals surface area contributed by atoms with Crippen molar-refractivity contribution in [2.24, 2.45) is 5.92 Å². The second-order valence-corrected chi connectivity index (χ2v) is 7.94. The molecule has 2 rings (SSSR count). The summed E-state index contributed by atoms with van der Waals surface area (Å²) in [5.41, 5.74) is 1.61. The fraction of sp³-hybridized carbons (Fsp3) is 0.588. The summed E-state index contributed by atoms with van der Waals surface area (Å²) in [7, 11) is -3.46. The van der Waals surface area contributed by atoms with Gasteiger partial charge in [0, 0.05) is 0 Å². The van der Waals surface area contributed by atoms with Crippen molar-refractivity contribution in [3.63, 3.8) is 0 Å². The molecule has 9 heteroatoms. The first kappa shape index (κ1) is 26.6. The van der Waals surface area contributed by atoms with E-state index in [0.717, 1.165) is 24.0 Å². The molecule has 26 heavy (non-hydrogen) atoms. The Bertz CT molecular complexity index is 644. The molecule has 0 radical (unpaired) electrons. The Morgan fingerprint density at radius 1 is 1.23 bits per heavy atom. The fourth-order valence-electron chi connectivity index (χ4n) is 2.92. The summed E-state index contributed by atoms with van der Waals surface area (Å²) in [6, 6.07) is 5.57. The summed E-state index contributed by atoms with van der Waals surface area (Å²) in [5.74, 6) is 0.608. The maximum atomic E-state index is 11.6. The van der Waals surface area contributed by atoms with Gasteiger partial charge in [0.25, 0.3) is 0 Å². The Morgan fingerprint density at radius 3 is 2.31 bits per heavy atom. The van der Waals surface area contributed by atoms with Crippen LogP contribution in [0.2, 0.25) is 0 Å². The fourth-order valence-corrected chi connectivity index (χ4v) is 3.21. The van der Waals surface area contributed by atoms with E-state index >= 15 is 0 Å². The van der Waals surface area contributed by atoms with E-state index in [-0.39, 0.29) is 83.3 Å². The molecule has 0 aromatic heterocycles. The summed E-state index contributed by atoms with van der Waals surface area (Å²) in [5, 5.41) is 0. The van der Waals surface area contributed by atoms with Crippen molar-refractivity contribution in [1.82, 2.24) is 0 Å². The van der Waals surface area contributed by atoms with Gasteiger partial charge in [-0.1, -0.05) is 32.0 Å². The maximum absolute atomic E-state index is 11.6. The molecule has 2 atom stereocenters. The van der Waals surface area contributed by atoms with Crippen molar-refractivity contribution in [1.29, 1.82) is 0 Å². The van der Waals surface area contributed by atoms with Gasteiger partial charge < -0.3 is 23.8 Å². The molecule has 1 fully saturated rings. The SMILES string of the molecule is COC(=O)CC(C)c1cccc(C(C)C2CC2)c1OCP(=O)([O-])[O-].[Na+].[Na+]. The van der Waals surface area contributed by atoms with Crippen LogP contribution in [0.1, 0.15) is 56.1 Å². The molecule has 0 bridgehead atoms. The van der Waals surface area contributed by atoms with Gasteiger partial charge in [0.15, 0.2) is 0 Å². The van der Waals surface area contributed by atoms with Crippen molar-refractivity contribution in [3.8, 4) is 5.75 Å². The number of rotatable bonds is 8. The molecule has 1 aliphatic carbocycles. The minimum atomic E-state index is -4.79. The molecule has 0 spiro atoms. The number of hydrogen-bond acceptors (Lipinski definition) is 6. The Hall–Kier alpha value is 0.640. The van der Waals surface area contributed by atoms with Crippen LogP contribution in [0.25, 0.3) is 0 Å². The summed E-state index contributed by atoms with van der Waals surface area (Å²) in [6.45, 7) is 3.92. The number of esters is 1. The summed E-state index contributed by atoms with van der Waals surface area (Å²) in [4.78, 5) is 33.6. The Labute approximate surface area is 199 Å². The van der Waals surface area contributed by atoms with Gasteiger partial charge in [-0.2, -0.15) is 0 Å². The predicted octanol–water partition coefficient (Wildman–Crippen LogP) is -3.88. The van der Waals surface area contributed by atoms with Crippen LogP contribution in [-0.2, 0) is 14.1 Å². The predicted molar refractivity (Wildman–Crippen MR) is 85.7 cm³/mol. The zero-order chi connectivity index (χ0) is 17.9. The molecule has 134 valence electrons. The zero-order valence-corrected chi connectivity index (χ0v) is 21.1. The van der Waals surface area contributed by atoms with E-state index in [4.69, 9.17) is 9.47 Å². The summed E-state index contributed by atoms with van der Waals surface area (Å²) >= 11 is 0. The van der Waals surface area contributed by atoms with E-state index in [0.29, 0.717) is 11.7 Å². The molecular weight excluding hydrogens is 377 g/mol. The second-order valence-electron chi connectivity index (χ2n) is 6.46. The van der Waals surface area contributed by atoms with Gasteiger partial charge in [-0.25, -0.2) is 0 Å². The van der Waals surface area contributed by atoms with Gasteiger partial charge in [0.1, 0.15) is 12.1 Å². The van der Waals surface area contributed by atoms with Crippen molar-refractivity contribution < 1.29 is 87.7 Å². The first-order valence-electron chi connectivity index (χ1n) is 8.06. The van der Waals surface area contributed by atoms with Crippen molar-refractivity contribution in [2.75, 3.05) is 13.5 Å². The van der Waals surface area contributed by atoms with Crippen LogP contribution in [-0.4, -0.2) is 19.4 Å². The van der Waals surface area contributed by atoms with Gasteiger partial charge in [-0.05, 0) is 49.3 Å². The number of para-hydroxylation sites is 1. The maximum Gasteiger partial charge on any atom is 1.00 e. The van der Waals surface area contributed by atoms with Gasteiger partial charge >= 0.3 is 65.1 Å². The van der Waals surface area contributed by atoms with E-state index in [1.807, 2.05) is 19.1 Å². The van der Waals surface area contributed by atoms with E-state index in [2.05, 4.69) is 6.92 Å². The van der Waals surface area contributed by atoms with Crippen molar-refractivity contribution in [3.05, 3.63) is 29.3 Å². The van der Waals surface area contributed by atoms with Gasteiger partial charge in [0.05, 0.1) is 13.5 Å². The number of ether oxygens (including phenoxy) is 2. The third-order valence-corrected chi connectivity index (χ3v) is 4.94. The topological polar surface area (TPSA) is 98.7 Å². The van der Waals surface area contributed by atoms with Gasteiger partial charge in [-0.15, -0.1) is 0 Å². The molecule has 1 aromatic rings. The van der Waals surface area contributed by atoms with Gasteiger partial charge in [-0.3, -0.25) is 4.79 Å². The van der Waals surface area contributed by atoms with E-state index in [1.165, 1.54) is 7.11 Å². The minimum absolute atomic E-state index is 0. The van der Waals surface area contributed by atoms with E-state index < -0.39 is 13.9 Å². The molecule has 0 heterocycles. The van der Waals surface area contributed by atoms with E-state index in [1.54, 1.807) is 6.07 Å². The van der Waals surface area contributed by atoms with Crippen molar-refractivity contribution >= 4 is 13.6 Å². The number of hydrogen-bond donors (Lipinski definition) is 0.